The van der Waals surface area contributed by atoms with Crippen LogP contribution in [0.5, 0.6) is 0 Å². The highest BCUT2D eigenvalue weighted by molar-refractivity contribution is 5.85. The number of hydrogen-bond donors (Lipinski definition) is 2. The summed E-state index contributed by atoms with van der Waals surface area (Å²) < 4.78 is 5.35. The molecule has 0 aromatic rings. The minimum Gasteiger partial charge on any atom is -0.378 e. The average molecular weight is 342 g/mol. The van der Waals surface area contributed by atoms with Gasteiger partial charge in [0.25, 0.3) is 0 Å². The Morgan fingerprint density at radius 3 is 2.67 bits per heavy atom. The Morgan fingerprint density at radius 2 is 2.05 bits per heavy atom. The Morgan fingerprint density at radius 1 is 1.33 bits per heavy atom. The second kappa shape index (κ2) is 11.5. The fourth-order valence-electron chi connectivity index (χ4n) is 2.81. The van der Waals surface area contributed by atoms with E-state index in [4.69, 9.17) is 4.74 Å². The number of piperidine rings is 1. The summed E-state index contributed by atoms with van der Waals surface area (Å²) in [7, 11) is 2.18. The quantitative estimate of drug-likeness (QED) is 0.784. The largest absolute Gasteiger partial charge is 0.378 e. The van der Waals surface area contributed by atoms with Gasteiger partial charge < -0.3 is 20.3 Å². The molecule has 126 valence electrons. The van der Waals surface area contributed by atoms with Crippen molar-refractivity contribution in [2.45, 2.75) is 31.7 Å². The van der Waals surface area contributed by atoms with Crippen LogP contribution in [-0.4, -0.2) is 63.3 Å². The van der Waals surface area contributed by atoms with Crippen LogP contribution in [0.15, 0.2) is 0 Å². The van der Waals surface area contributed by atoms with E-state index in [1.165, 1.54) is 25.9 Å². The molecule has 2 heterocycles. The molecule has 1 atom stereocenters. The maximum atomic E-state index is 11.8. The highest BCUT2D eigenvalue weighted by atomic mass is 35.5. The Hall–Kier alpha value is -0.0700. The van der Waals surface area contributed by atoms with E-state index in [0.717, 1.165) is 32.0 Å². The van der Waals surface area contributed by atoms with Crippen molar-refractivity contribution in [1.29, 1.82) is 0 Å². The SMILES string of the molecule is CN1CCC(CCNC(=O)CC2COCCN2)CC1.Cl.Cl. The minimum absolute atomic E-state index is 0. The van der Waals surface area contributed by atoms with Gasteiger partial charge in [0.05, 0.1) is 13.2 Å². The molecule has 7 heteroatoms. The van der Waals surface area contributed by atoms with Crippen molar-refractivity contribution in [3.63, 3.8) is 0 Å². The molecular weight excluding hydrogens is 313 g/mol. The number of carbonyl (C=O) groups is 1. The van der Waals surface area contributed by atoms with Crippen molar-refractivity contribution in [2.75, 3.05) is 46.4 Å². The first kappa shape index (κ1) is 20.9. The molecule has 0 spiro atoms. The molecule has 5 nitrogen and oxygen atoms in total. The summed E-state index contributed by atoms with van der Waals surface area (Å²) in [6.45, 7) is 5.48. The lowest BCUT2D eigenvalue weighted by atomic mass is 9.94. The zero-order chi connectivity index (χ0) is 13.5. The molecule has 0 aliphatic carbocycles. The lowest BCUT2D eigenvalue weighted by Gasteiger charge is -2.29. The molecule has 2 saturated heterocycles. The van der Waals surface area contributed by atoms with Crippen LogP contribution in [0.1, 0.15) is 25.7 Å². The summed E-state index contributed by atoms with van der Waals surface area (Å²) in [6.07, 6.45) is 4.19. The van der Waals surface area contributed by atoms with E-state index in [0.29, 0.717) is 13.0 Å². The summed E-state index contributed by atoms with van der Waals surface area (Å²) in [4.78, 5) is 14.2. The van der Waals surface area contributed by atoms with Crippen molar-refractivity contribution < 1.29 is 9.53 Å². The van der Waals surface area contributed by atoms with Crippen LogP contribution in [0.4, 0.5) is 0 Å². The summed E-state index contributed by atoms with van der Waals surface area (Å²) in [5, 5.41) is 6.34. The molecule has 2 rings (SSSR count). The molecule has 0 aromatic heterocycles. The van der Waals surface area contributed by atoms with Crippen LogP contribution in [0.2, 0.25) is 0 Å². The smallest absolute Gasteiger partial charge is 0.221 e. The summed E-state index contributed by atoms with van der Waals surface area (Å²) in [5.74, 6) is 0.934. The van der Waals surface area contributed by atoms with Crippen molar-refractivity contribution >= 4 is 30.7 Å². The average Bonchev–Trinajstić information content (AvgIpc) is 2.42. The summed E-state index contributed by atoms with van der Waals surface area (Å²) in [6, 6.07) is 0.192. The lowest BCUT2D eigenvalue weighted by molar-refractivity contribution is -0.122. The normalized spacial score (nSPS) is 23.8. The van der Waals surface area contributed by atoms with E-state index < -0.39 is 0 Å². The van der Waals surface area contributed by atoms with E-state index in [9.17, 15) is 4.79 Å². The number of ether oxygens (including phenoxy) is 1. The molecule has 1 unspecified atom stereocenters. The second-order valence-corrected chi connectivity index (χ2v) is 5.82. The van der Waals surface area contributed by atoms with Gasteiger partial charge in [0.1, 0.15) is 0 Å². The minimum atomic E-state index is 0. The fourth-order valence-corrected chi connectivity index (χ4v) is 2.81. The predicted octanol–water partition coefficient (Wildman–Crippen LogP) is 1.06. The van der Waals surface area contributed by atoms with Gasteiger partial charge in [-0.1, -0.05) is 0 Å². The Labute approximate surface area is 140 Å². The summed E-state index contributed by atoms with van der Waals surface area (Å²) in [5.41, 5.74) is 0. The van der Waals surface area contributed by atoms with Gasteiger partial charge in [-0.2, -0.15) is 0 Å². The van der Waals surface area contributed by atoms with Crippen molar-refractivity contribution in [1.82, 2.24) is 15.5 Å². The van der Waals surface area contributed by atoms with E-state index in [1.807, 2.05) is 0 Å². The first-order chi connectivity index (χ1) is 9.24. The zero-order valence-corrected chi connectivity index (χ0v) is 14.4. The molecule has 0 aromatic carbocycles. The van der Waals surface area contributed by atoms with Gasteiger partial charge in [0, 0.05) is 25.6 Å². The Bertz CT molecular complexity index is 281. The zero-order valence-electron chi connectivity index (χ0n) is 12.8. The van der Waals surface area contributed by atoms with Gasteiger partial charge in [-0.15, -0.1) is 24.8 Å². The number of nitrogens with zero attached hydrogens (tertiary/aromatic N) is 1. The Kier molecular flexibility index (Phi) is 11.5. The van der Waals surface area contributed by atoms with Gasteiger partial charge in [-0.25, -0.2) is 0 Å². The van der Waals surface area contributed by atoms with Crippen LogP contribution in [0.25, 0.3) is 0 Å². The van der Waals surface area contributed by atoms with Crippen LogP contribution >= 0.6 is 24.8 Å². The second-order valence-electron chi connectivity index (χ2n) is 5.82. The maximum absolute atomic E-state index is 11.8. The lowest BCUT2D eigenvalue weighted by Crippen LogP contribution is -2.44. The van der Waals surface area contributed by atoms with E-state index in [-0.39, 0.29) is 36.8 Å². The van der Waals surface area contributed by atoms with E-state index in [1.54, 1.807) is 0 Å². The van der Waals surface area contributed by atoms with Crippen molar-refractivity contribution in [3.8, 4) is 0 Å². The molecule has 2 aliphatic rings. The van der Waals surface area contributed by atoms with Gasteiger partial charge >= 0.3 is 0 Å². The molecule has 2 N–H and O–H groups in total. The number of carbonyl (C=O) groups excluding carboxylic acids is 1. The predicted molar refractivity (Wildman–Crippen MR) is 89.6 cm³/mol. The first-order valence-corrected chi connectivity index (χ1v) is 7.50. The third-order valence-corrected chi connectivity index (χ3v) is 4.14. The molecule has 2 aliphatic heterocycles. The number of amides is 1. The van der Waals surface area contributed by atoms with Crippen LogP contribution in [-0.2, 0) is 9.53 Å². The van der Waals surface area contributed by atoms with Crippen LogP contribution in [0.3, 0.4) is 0 Å². The van der Waals surface area contributed by atoms with Gasteiger partial charge in [-0.05, 0) is 45.3 Å². The standard InChI is InChI=1S/C14H27N3O2.2ClH/c1-17-7-3-12(4-8-17)2-5-16-14(18)10-13-11-19-9-6-15-13;;/h12-13,15H,2-11H2,1H3,(H,16,18);2*1H. The molecule has 0 radical (unpaired) electrons. The number of morpholine rings is 1. The molecule has 21 heavy (non-hydrogen) atoms. The van der Waals surface area contributed by atoms with Crippen molar-refractivity contribution in [3.05, 3.63) is 0 Å². The fraction of sp³-hybridized carbons (Fsp3) is 0.929. The number of nitrogens with one attached hydrogen (secondary N) is 2. The maximum Gasteiger partial charge on any atom is 0.221 e. The molecule has 1 amide bonds. The van der Waals surface area contributed by atoms with E-state index in [2.05, 4.69) is 22.6 Å². The Balaban J connectivity index is 0.00000200. The van der Waals surface area contributed by atoms with Crippen LogP contribution in [0, 0.1) is 5.92 Å². The molecule has 2 fully saturated rings. The molecule has 0 saturated carbocycles. The first-order valence-electron chi connectivity index (χ1n) is 7.50. The third-order valence-electron chi connectivity index (χ3n) is 4.14. The highest BCUT2D eigenvalue weighted by Gasteiger charge is 2.18. The summed E-state index contributed by atoms with van der Waals surface area (Å²) >= 11 is 0. The number of halogens is 2. The van der Waals surface area contributed by atoms with Crippen molar-refractivity contribution in [2.24, 2.45) is 5.92 Å². The number of hydrogen-bond acceptors (Lipinski definition) is 4. The van der Waals surface area contributed by atoms with E-state index >= 15 is 0 Å². The molecular formula is C14H29Cl2N3O2. The van der Waals surface area contributed by atoms with Gasteiger partial charge in [0.15, 0.2) is 0 Å². The number of likely N-dealkylation sites (tertiary alicyclic amines) is 1. The highest BCUT2D eigenvalue weighted by Crippen LogP contribution is 2.18. The van der Waals surface area contributed by atoms with Crippen LogP contribution < -0.4 is 10.6 Å². The van der Waals surface area contributed by atoms with Gasteiger partial charge in [0.2, 0.25) is 5.91 Å². The third kappa shape index (κ3) is 8.21. The van der Waals surface area contributed by atoms with Gasteiger partial charge in [-0.3, -0.25) is 4.79 Å². The monoisotopic (exact) mass is 341 g/mol. The molecule has 0 bridgehead atoms. The topological polar surface area (TPSA) is 53.6 Å². The number of rotatable bonds is 5.